The number of aromatic nitrogens is 4. The van der Waals surface area contributed by atoms with Gasteiger partial charge in [0, 0.05) is 37.0 Å². The van der Waals surface area contributed by atoms with Crippen LogP contribution in [0.25, 0.3) is 11.5 Å². The summed E-state index contributed by atoms with van der Waals surface area (Å²) in [6.45, 7) is 2.93. The standard InChI is InChI=1S/C19H20FN5O/c1-11-17-16(6-7-21-11)23-25(18(17)24-9-8-22-19(24)26)13-4-5-15(20)14(10-13)12-2-3-12/h4-5,8-12,21H,2-3,6-7H2,1H3,(H,22,26). The number of aromatic amines is 1. The fraction of sp³-hybridized carbons (Fsp3) is 0.368. The highest BCUT2D eigenvalue weighted by Crippen LogP contribution is 2.42. The Bertz CT molecular complexity index is 1040. The predicted octanol–water partition coefficient (Wildman–Crippen LogP) is 2.57. The molecule has 1 atom stereocenters. The lowest BCUT2D eigenvalue weighted by Gasteiger charge is -2.20. The van der Waals surface area contributed by atoms with Crippen molar-refractivity contribution in [3.8, 4) is 11.5 Å². The van der Waals surface area contributed by atoms with Gasteiger partial charge in [0.15, 0.2) is 0 Å². The molecule has 134 valence electrons. The van der Waals surface area contributed by atoms with E-state index in [2.05, 4.69) is 17.2 Å². The molecule has 3 aromatic rings. The summed E-state index contributed by atoms with van der Waals surface area (Å²) >= 11 is 0. The first-order valence-electron chi connectivity index (χ1n) is 9.05. The monoisotopic (exact) mass is 353 g/mol. The molecule has 1 saturated carbocycles. The molecule has 6 nitrogen and oxygen atoms in total. The van der Waals surface area contributed by atoms with Crippen molar-refractivity contribution in [3.63, 3.8) is 0 Å². The molecular weight excluding hydrogens is 333 g/mol. The lowest BCUT2D eigenvalue weighted by Crippen LogP contribution is -2.29. The first-order valence-corrected chi connectivity index (χ1v) is 9.05. The molecule has 1 fully saturated rings. The largest absolute Gasteiger partial charge is 0.331 e. The maximum absolute atomic E-state index is 14.2. The molecule has 0 bridgehead atoms. The van der Waals surface area contributed by atoms with Crippen molar-refractivity contribution in [2.75, 3.05) is 6.54 Å². The Kier molecular flexibility index (Phi) is 3.40. The van der Waals surface area contributed by atoms with Crippen LogP contribution in [0, 0.1) is 5.82 Å². The number of nitrogens with one attached hydrogen (secondary N) is 2. The number of hydrogen-bond acceptors (Lipinski definition) is 3. The number of fused-ring (bicyclic) bond motifs is 1. The number of rotatable bonds is 3. The summed E-state index contributed by atoms with van der Waals surface area (Å²) in [5, 5.41) is 8.23. The quantitative estimate of drug-likeness (QED) is 0.760. The first kappa shape index (κ1) is 15.6. The van der Waals surface area contributed by atoms with Gasteiger partial charge < -0.3 is 10.3 Å². The second-order valence-corrected chi connectivity index (χ2v) is 7.14. The molecule has 0 spiro atoms. The van der Waals surface area contributed by atoms with E-state index >= 15 is 0 Å². The fourth-order valence-electron chi connectivity index (χ4n) is 3.87. The Hall–Kier alpha value is -2.67. The molecule has 0 saturated heterocycles. The highest BCUT2D eigenvalue weighted by Gasteiger charge is 2.30. The lowest BCUT2D eigenvalue weighted by atomic mass is 10.0. The first-order chi connectivity index (χ1) is 12.6. The van der Waals surface area contributed by atoms with Crippen LogP contribution in [-0.4, -0.2) is 25.9 Å². The maximum Gasteiger partial charge on any atom is 0.331 e. The van der Waals surface area contributed by atoms with E-state index < -0.39 is 0 Å². The topological polar surface area (TPSA) is 67.6 Å². The van der Waals surface area contributed by atoms with E-state index in [0.717, 1.165) is 54.1 Å². The van der Waals surface area contributed by atoms with Gasteiger partial charge >= 0.3 is 5.69 Å². The van der Waals surface area contributed by atoms with Crippen LogP contribution in [0.1, 0.15) is 48.5 Å². The third-order valence-corrected chi connectivity index (χ3v) is 5.34. The summed E-state index contributed by atoms with van der Waals surface area (Å²) in [7, 11) is 0. The van der Waals surface area contributed by atoms with Gasteiger partial charge in [0.1, 0.15) is 11.6 Å². The zero-order valence-corrected chi connectivity index (χ0v) is 14.5. The SMILES string of the molecule is CC1NCCc2nn(-c3ccc(F)c(C4CC4)c3)c(-n3cc[nH]c3=O)c21. The van der Waals surface area contributed by atoms with E-state index in [1.165, 1.54) is 6.07 Å². The Morgan fingerprint density at radius 1 is 1.31 bits per heavy atom. The van der Waals surface area contributed by atoms with Crippen LogP contribution >= 0.6 is 0 Å². The summed E-state index contributed by atoms with van der Waals surface area (Å²) in [4.78, 5) is 15.0. The van der Waals surface area contributed by atoms with E-state index in [-0.39, 0.29) is 17.5 Å². The number of imidazole rings is 1. The number of H-pyrrole nitrogens is 1. The van der Waals surface area contributed by atoms with E-state index in [4.69, 9.17) is 5.10 Å². The average molecular weight is 353 g/mol. The van der Waals surface area contributed by atoms with Crippen LogP contribution in [0.5, 0.6) is 0 Å². The molecule has 7 heteroatoms. The summed E-state index contributed by atoms with van der Waals surface area (Å²) in [5.41, 5.74) is 3.33. The zero-order chi connectivity index (χ0) is 17.8. The van der Waals surface area contributed by atoms with Crippen LogP contribution in [0.2, 0.25) is 0 Å². The summed E-state index contributed by atoms with van der Waals surface area (Å²) < 4.78 is 17.6. The highest BCUT2D eigenvalue weighted by molar-refractivity contribution is 5.50. The fourth-order valence-corrected chi connectivity index (χ4v) is 3.87. The molecule has 2 aliphatic rings. The number of halogens is 1. The van der Waals surface area contributed by atoms with Crippen LogP contribution < -0.4 is 11.0 Å². The second kappa shape index (κ2) is 5.67. The van der Waals surface area contributed by atoms with Crippen molar-refractivity contribution in [2.24, 2.45) is 0 Å². The molecular formula is C19H20FN5O. The van der Waals surface area contributed by atoms with Crippen molar-refractivity contribution in [3.05, 3.63) is 63.7 Å². The predicted molar refractivity (Wildman–Crippen MR) is 95.6 cm³/mol. The molecule has 2 aromatic heterocycles. The van der Waals surface area contributed by atoms with Gasteiger partial charge in [-0.2, -0.15) is 5.10 Å². The molecule has 0 amide bonds. The average Bonchev–Trinajstić information content (AvgIpc) is 3.27. The zero-order valence-electron chi connectivity index (χ0n) is 14.5. The summed E-state index contributed by atoms with van der Waals surface area (Å²) in [5.74, 6) is 0.863. The Labute approximate surface area is 149 Å². The third-order valence-electron chi connectivity index (χ3n) is 5.34. The van der Waals surface area contributed by atoms with E-state index in [0.29, 0.717) is 5.92 Å². The van der Waals surface area contributed by atoms with Crippen molar-refractivity contribution < 1.29 is 4.39 Å². The van der Waals surface area contributed by atoms with Crippen molar-refractivity contribution in [1.82, 2.24) is 24.6 Å². The normalized spacial score (nSPS) is 19.5. The van der Waals surface area contributed by atoms with Gasteiger partial charge in [-0.05, 0) is 49.4 Å². The van der Waals surface area contributed by atoms with Gasteiger partial charge in [-0.1, -0.05) is 0 Å². The van der Waals surface area contributed by atoms with Gasteiger partial charge in [0.25, 0.3) is 0 Å². The van der Waals surface area contributed by atoms with Gasteiger partial charge in [0.2, 0.25) is 0 Å². The Balaban J connectivity index is 1.76. The summed E-state index contributed by atoms with van der Waals surface area (Å²) in [6.07, 6.45) is 6.19. The van der Waals surface area contributed by atoms with E-state index in [1.54, 1.807) is 27.7 Å². The van der Waals surface area contributed by atoms with E-state index in [1.807, 2.05) is 6.07 Å². The third kappa shape index (κ3) is 2.34. The Morgan fingerprint density at radius 2 is 2.15 bits per heavy atom. The minimum Gasteiger partial charge on any atom is -0.312 e. The highest BCUT2D eigenvalue weighted by atomic mass is 19.1. The van der Waals surface area contributed by atoms with Crippen molar-refractivity contribution >= 4 is 0 Å². The second-order valence-electron chi connectivity index (χ2n) is 7.14. The van der Waals surface area contributed by atoms with Crippen LogP contribution in [-0.2, 0) is 6.42 Å². The number of nitrogens with zero attached hydrogens (tertiary/aromatic N) is 3. The van der Waals surface area contributed by atoms with Gasteiger partial charge in [-0.15, -0.1) is 0 Å². The molecule has 26 heavy (non-hydrogen) atoms. The van der Waals surface area contributed by atoms with Gasteiger partial charge in [-0.3, -0.25) is 4.57 Å². The smallest absolute Gasteiger partial charge is 0.312 e. The minimum atomic E-state index is -0.212. The van der Waals surface area contributed by atoms with Gasteiger partial charge in [-0.25, -0.2) is 13.9 Å². The molecule has 5 rings (SSSR count). The Morgan fingerprint density at radius 3 is 2.88 bits per heavy atom. The van der Waals surface area contributed by atoms with E-state index in [9.17, 15) is 9.18 Å². The maximum atomic E-state index is 14.2. The lowest BCUT2D eigenvalue weighted by molar-refractivity contribution is 0.536. The molecule has 0 radical (unpaired) electrons. The minimum absolute atomic E-state index is 0.0904. The van der Waals surface area contributed by atoms with Crippen LogP contribution in [0.4, 0.5) is 4.39 Å². The van der Waals surface area contributed by atoms with Crippen molar-refractivity contribution in [2.45, 2.75) is 38.1 Å². The summed E-state index contributed by atoms with van der Waals surface area (Å²) in [6, 6.07) is 5.21. The number of hydrogen-bond donors (Lipinski definition) is 2. The van der Waals surface area contributed by atoms with Crippen LogP contribution in [0.15, 0.2) is 35.4 Å². The molecule has 1 aromatic carbocycles. The molecule has 3 heterocycles. The van der Waals surface area contributed by atoms with Gasteiger partial charge in [0.05, 0.1) is 11.4 Å². The molecule has 1 aliphatic heterocycles. The number of benzene rings is 1. The van der Waals surface area contributed by atoms with Crippen molar-refractivity contribution in [1.29, 1.82) is 0 Å². The van der Waals surface area contributed by atoms with Crippen LogP contribution in [0.3, 0.4) is 0 Å². The molecule has 2 N–H and O–H groups in total. The molecule has 1 unspecified atom stereocenters. The molecule has 1 aliphatic carbocycles.